The van der Waals surface area contributed by atoms with Crippen molar-refractivity contribution < 1.29 is 19.2 Å². The number of nitro benzene ring substituents is 1. The molecule has 2 aromatic carbocycles. The van der Waals surface area contributed by atoms with Crippen LogP contribution in [0.25, 0.3) is 10.2 Å². The maximum Gasteiger partial charge on any atom is 0.326 e. The Morgan fingerprint density at radius 2 is 2.04 bits per heavy atom. The Kier molecular flexibility index (Phi) is 5.86. The molecule has 0 atom stereocenters. The van der Waals surface area contributed by atoms with Gasteiger partial charge in [0.2, 0.25) is 0 Å². The molecule has 0 saturated heterocycles. The van der Waals surface area contributed by atoms with Gasteiger partial charge in [-0.15, -0.1) is 0 Å². The molecule has 1 heterocycles. The molecule has 0 saturated carbocycles. The van der Waals surface area contributed by atoms with Crippen molar-refractivity contribution in [3.63, 3.8) is 0 Å². The predicted molar refractivity (Wildman–Crippen MR) is 104 cm³/mol. The van der Waals surface area contributed by atoms with Gasteiger partial charge in [0.05, 0.1) is 32.3 Å². The van der Waals surface area contributed by atoms with Crippen molar-refractivity contribution in [3.05, 3.63) is 68.0 Å². The van der Waals surface area contributed by atoms with Gasteiger partial charge >= 0.3 is 5.97 Å². The molecule has 3 rings (SSSR count). The first-order valence-electron chi connectivity index (χ1n) is 8.17. The number of thiazole rings is 1. The zero-order valence-corrected chi connectivity index (χ0v) is 16.2. The minimum atomic E-state index is -0.738. The highest BCUT2D eigenvalue weighted by atomic mass is 35.5. The third kappa shape index (κ3) is 4.10. The van der Waals surface area contributed by atoms with Crippen LogP contribution in [0, 0.1) is 10.1 Å². The minimum Gasteiger partial charge on any atom is -0.465 e. The van der Waals surface area contributed by atoms with Crippen LogP contribution < -0.4 is 4.80 Å². The molecule has 0 spiro atoms. The minimum absolute atomic E-state index is 0.0532. The van der Waals surface area contributed by atoms with Gasteiger partial charge in [0.15, 0.2) is 4.80 Å². The molecule has 0 aliphatic heterocycles. The first kappa shape index (κ1) is 19.7. The lowest BCUT2D eigenvalue weighted by Gasteiger charge is -2.05. The van der Waals surface area contributed by atoms with Crippen molar-refractivity contribution in [2.75, 3.05) is 6.61 Å². The van der Waals surface area contributed by atoms with Crippen LogP contribution in [0.2, 0.25) is 5.02 Å². The number of aromatic nitrogens is 1. The summed E-state index contributed by atoms with van der Waals surface area (Å²) in [5.74, 6) is -1.20. The summed E-state index contributed by atoms with van der Waals surface area (Å²) in [5.41, 5.74) is 0.368. The Morgan fingerprint density at radius 3 is 2.75 bits per heavy atom. The summed E-state index contributed by atoms with van der Waals surface area (Å²) in [4.78, 5) is 39.3. The van der Waals surface area contributed by atoms with E-state index < -0.39 is 16.8 Å². The average Bonchev–Trinajstić information content (AvgIpc) is 2.99. The lowest BCUT2D eigenvalue weighted by Crippen LogP contribution is -2.23. The van der Waals surface area contributed by atoms with Crippen LogP contribution in [-0.2, 0) is 16.1 Å². The number of benzene rings is 2. The number of carbonyl (C=O) groups is 2. The number of amides is 1. The molecule has 144 valence electrons. The van der Waals surface area contributed by atoms with Crippen molar-refractivity contribution in [1.29, 1.82) is 0 Å². The second-order valence-electron chi connectivity index (χ2n) is 5.58. The second-order valence-corrected chi connectivity index (χ2v) is 7.00. The topological polar surface area (TPSA) is 104 Å². The Hall–Kier alpha value is -3.04. The Bertz CT molecular complexity index is 1150. The van der Waals surface area contributed by atoms with Gasteiger partial charge in [-0.1, -0.05) is 35.1 Å². The van der Waals surface area contributed by atoms with E-state index in [0.717, 1.165) is 16.3 Å². The van der Waals surface area contributed by atoms with Crippen LogP contribution in [0.4, 0.5) is 5.69 Å². The van der Waals surface area contributed by atoms with E-state index in [9.17, 15) is 19.7 Å². The number of hydrogen-bond acceptors (Lipinski definition) is 6. The fraction of sp³-hybridized carbons (Fsp3) is 0.167. The molecule has 0 aliphatic rings. The molecule has 3 aromatic rings. The third-order valence-electron chi connectivity index (χ3n) is 3.77. The molecule has 10 heteroatoms. The molecule has 0 unspecified atom stereocenters. The quantitative estimate of drug-likeness (QED) is 0.357. The Labute approximate surface area is 167 Å². The summed E-state index contributed by atoms with van der Waals surface area (Å²) < 4.78 is 7.39. The van der Waals surface area contributed by atoms with Crippen LogP contribution in [-0.4, -0.2) is 28.0 Å². The largest absolute Gasteiger partial charge is 0.465 e. The van der Waals surface area contributed by atoms with Crippen LogP contribution in [0.1, 0.15) is 17.3 Å². The number of hydrogen-bond donors (Lipinski definition) is 0. The molecule has 1 aromatic heterocycles. The number of nitro groups is 1. The van der Waals surface area contributed by atoms with E-state index in [0.29, 0.717) is 0 Å². The number of esters is 1. The van der Waals surface area contributed by atoms with Gasteiger partial charge in [-0.25, -0.2) is 0 Å². The molecule has 8 nitrogen and oxygen atoms in total. The Morgan fingerprint density at radius 1 is 1.29 bits per heavy atom. The molecule has 1 amide bonds. The van der Waals surface area contributed by atoms with Gasteiger partial charge in [-0.3, -0.25) is 19.7 Å². The molecule has 0 fully saturated rings. The number of halogens is 1. The summed E-state index contributed by atoms with van der Waals surface area (Å²) in [7, 11) is 0. The Balaban J connectivity index is 2.11. The van der Waals surface area contributed by atoms with Crippen LogP contribution in [0.3, 0.4) is 0 Å². The SMILES string of the molecule is CCOC(=O)Cn1c(=NC(=O)c2cc([N+](=O)[O-])ccc2Cl)sc2ccccc21. The predicted octanol–water partition coefficient (Wildman–Crippen LogP) is 3.57. The number of non-ortho nitro benzene ring substituents is 1. The highest BCUT2D eigenvalue weighted by molar-refractivity contribution is 7.16. The van der Waals surface area contributed by atoms with Crippen LogP contribution in [0.5, 0.6) is 0 Å². The first-order chi connectivity index (χ1) is 13.4. The zero-order valence-electron chi connectivity index (χ0n) is 14.6. The van der Waals surface area contributed by atoms with E-state index in [1.54, 1.807) is 23.6 Å². The lowest BCUT2D eigenvalue weighted by atomic mass is 10.2. The summed E-state index contributed by atoms with van der Waals surface area (Å²) in [6, 6.07) is 10.8. The third-order valence-corrected chi connectivity index (χ3v) is 5.16. The summed E-state index contributed by atoms with van der Waals surface area (Å²) in [6.07, 6.45) is 0. The number of fused-ring (bicyclic) bond motifs is 1. The molecule has 0 radical (unpaired) electrons. The van der Waals surface area contributed by atoms with Gasteiger partial charge in [0, 0.05) is 12.1 Å². The van der Waals surface area contributed by atoms with Crippen LogP contribution >= 0.6 is 22.9 Å². The normalized spacial score (nSPS) is 11.6. The van der Waals surface area contributed by atoms with Gasteiger partial charge < -0.3 is 9.30 Å². The number of nitrogens with zero attached hydrogens (tertiary/aromatic N) is 3. The summed E-state index contributed by atoms with van der Waals surface area (Å²) >= 11 is 7.24. The number of para-hydroxylation sites is 1. The molecule has 28 heavy (non-hydrogen) atoms. The number of ether oxygens (including phenoxy) is 1. The number of carbonyl (C=O) groups excluding carboxylic acids is 2. The fourth-order valence-corrected chi connectivity index (χ4v) is 3.76. The highest BCUT2D eigenvalue weighted by Crippen LogP contribution is 2.23. The molecule has 0 bridgehead atoms. The van der Waals surface area contributed by atoms with Crippen molar-refractivity contribution in [2.24, 2.45) is 4.99 Å². The van der Waals surface area contributed by atoms with Crippen molar-refractivity contribution in [2.45, 2.75) is 13.5 Å². The maximum atomic E-state index is 12.7. The van der Waals surface area contributed by atoms with Gasteiger partial charge in [0.1, 0.15) is 6.54 Å². The average molecular weight is 420 g/mol. The second kappa shape index (κ2) is 8.32. The van der Waals surface area contributed by atoms with E-state index >= 15 is 0 Å². The van der Waals surface area contributed by atoms with E-state index in [1.165, 1.54) is 23.5 Å². The van der Waals surface area contributed by atoms with Gasteiger partial charge in [-0.2, -0.15) is 4.99 Å². The summed E-state index contributed by atoms with van der Waals surface area (Å²) in [6.45, 7) is 1.82. The van der Waals surface area contributed by atoms with E-state index in [4.69, 9.17) is 16.3 Å². The smallest absolute Gasteiger partial charge is 0.326 e. The van der Waals surface area contributed by atoms with Gasteiger partial charge in [0.25, 0.3) is 11.6 Å². The van der Waals surface area contributed by atoms with E-state index in [-0.39, 0.29) is 34.2 Å². The standard InChI is InChI=1S/C18H14ClN3O5S/c1-2-27-16(23)10-21-14-5-3-4-6-15(14)28-18(21)20-17(24)12-9-11(22(25)26)7-8-13(12)19/h3-9H,2,10H2,1H3. The fourth-order valence-electron chi connectivity index (χ4n) is 2.53. The zero-order chi connectivity index (χ0) is 20.3. The first-order valence-corrected chi connectivity index (χ1v) is 9.37. The van der Waals surface area contributed by atoms with Gasteiger partial charge in [-0.05, 0) is 25.1 Å². The molecular formula is C18H14ClN3O5S. The van der Waals surface area contributed by atoms with E-state index in [2.05, 4.69) is 4.99 Å². The molecular weight excluding hydrogens is 406 g/mol. The monoisotopic (exact) mass is 419 g/mol. The van der Waals surface area contributed by atoms with Crippen molar-refractivity contribution >= 4 is 50.7 Å². The van der Waals surface area contributed by atoms with Crippen LogP contribution in [0.15, 0.2) is 47.5 Å². The molecule has 0 N–H and O–H groups in total. The summed E-state index contributed by atoms with van der Waals surface area (Å²) in [5, 5.41) is 11.0. The van der Waals surface area contributed by atoms with Crippen molar-refractivity contribution in [3.8, 4) is 0 Å². The van der Waals surface area contributed by atoms with E-state index in [1.807, 2.05) is 12.1 Å². The molecule has 0 aliphatic carbocycles. The lowest BCUT2D eigenvalue weighted by molar-refractivity contribution is -0.384. The highest BCUT2D eigenvalue weighted by Gasteiger charge is 2.17. The maximum absolute atomic E-state index is 12.7. The number of rotatable bonds is 5. The van der Waals surface area contributed by atoms with Crippen molar-refractivity contribution in [1.82, 2.24) is 4.57 Å².